The van der Waals surface area contributed by atoms with Gasteiger partial charge in [0, 0.05) is 34.6 Å². The van der Waals surface area contributed by atoms with Crippen molar-refractivity contribution in [3.63, 3.8) is 0 Å². The predicted octanol–water partition coefficient (Wildman–Crippen LogP) is 6.65. The fraction of sp³-hybridized carbons (Fsp3) is 0.185. The van der Waals surface area contributed by atoms with Gasteiger partial charge in [0.25, 0.3) is 10.0 Å². The molecule has 0 aliphatic rings. The summed E-state index contributed by atoms with van der Waals surface area (Å²) in [7, 11) is -1.66. The molecule has 0 aliphatic heterocycles. The van der Waals surface area contributed by atoms with Crippen LogP contribution in [0.15, 0.2) is 72.0 Å². The smallest absolute Gasteiger partial charge is 0.268 e. The molecule has 0 radical (unpaired) electrons. The molecule has 4 rings (SSSR count). The highest BCUT2D eigenvalue weighted by atomic mass is 35.5. The van der Waals surface area contributed by atoms with E-state index in [0.717, 1.165) is 16.4 Å². The van der Waals surface area contributed by atoms with E-state index in [1.807, 2.05) is 0 Å². The van der Waals surface area contributed by atoms with Crippen molar-refractivity contribution < 1.29 is 26.7 Å². The summed E-state index contributed by atoms with van der Waals surface area (Å²) in [6, 6.07) is 10.2. The molecule has 0 unspecified atom stereocenters. The molecule has 40 heavy (non-hydrogen) atoms. The number of nitrogens with one attached hydrogen (secondary N) is 1. The number of halogens is 4. The monoisotopic (exact) mass is 608 g/mol. The highest BCUT2D eigenvalue weighted by molar-refractivity contribution is 7.92. The molecule has 3 aromatic carbocycles. The van der Waals surface area contributed by atoms with E-state index < -0.39 is 32.6 Å². The Morgan fingerprint density at radius 1 is 1.00 bits per heavy atom. The zero-order chi connectivity index (χ0) is 29.0. The number of methoxy groups -OCH3 is 2. The molecule has 1 aromatic heterocycles. The Labute approximate surface area is 240 Å². The van der Waals surface area contributed by atoms with Crippen molar-refractivity contribution in [2.45, 2.75) is 24.4 Å². The van der Waals surface area contributed by atoms with Gasteiger partial charge in [-0.05, 0) is 49.4 Å². The summed E-state index contributed by atoms with van der Waals surface area (Å²) in [5, 5.41) is 3.13. The number of rotatable bonds is 10. The third-order valence-corrected chi connectivity index (χ3v) is 8.31. The predicted molar refractivity (Wildman–Crippen MR) is 150 cm³/mol. The standard InChI is InChI=1S/C27H24Cl2F2N4O4S/c1-16(20-10-18(28)5-7-22(20)30)34-24-13-23(31)26(12-21(24)29)40(36,37)35(27-14-32-8-9-33-27)15-17-4-6-19(38-2)11-25(17)39-3/h4-14,16,34H,15H2,1-3H3/t16-/m0/s1. The van der Waals surface area contributed by atoms with E-state index in [1.54, 1.807) is 25.1 Å². The van der Waals surface area contributed by atoms with E-state index in [2.05, 4.69) is 15.3 Å². The lowest BCUT2D eigenvalue weighted by Crippen LogP contribution is -2.32. The van der Waals surface area contributed by atoms with Gasteiger partial charge in [-0.1, -0.05) is 23.2 Å². The van der Waals surface area contributed by atoms with Crippen molar-refractivity contribution in [1.29, 1.82) is 0 Å². The van der Waals surface area contributed by atoms with Gasteiger partial charge < -0.3 is 14.8 Å². The highest BCUT2D eigenvalue weighted by Crippen LogP contribution is 2.35. The molecule has 1 atom stereocenters. The van der Waals surface area contributed by atoms with Crippen LogP contribution in [0, 0.1) is 11.6 Å². The first-order valence-corrected chi connectivity index (χ1v) is 13.9. The largest absolute Gasteiger partial charge is 0.497 e. The van der Waals surface area contributed by atoms with Crippen LogP contribution in [0.1, 0.15) is 24.1 Å². The average molecular weight is 609 g/mol. The molecular formula is C27H24Cl2F2N4O4S. The third-order valence-electron chi connectivity index (χ3n) is 6.00. The van der Waals surface area contributed by atoms with Crippen molar-refractivity contribution in [3.05, 3.63) is 99.9 Å². The van der Waals surface area contributed by atoms with E-state index >= 15 is 4.39 Å². The van der Waals surface area contributed by atoms with Crippen molar-refractivity contribution in [2.75, 3.05) is 23.8 Å². The van der Waals surface area contributed by atoms with Crippen LogP contribution in [-0.2, 0) is 16.6 Å². The molecule has 0 amide bonds. The van der Waals surface area contributed by atoms with Crippen LogP contribution in [0.25, 0.3) is 0 Å². The van der Waals surface area contributed by atoms with Gasteiger partial charge in [0.1, 0.15) is 28.0 Å². The van der Waals surface area contributed by atoms with Gasteiger partial charge in [0.15, 0.2) is 5.82 Å². The van der Waals surface area contributed by atoms with Crippen molar-refractivity contribution in [1.82, 2.24) is 9.97 Å². The molecule has 8 nitrogen and oxygen atoms in total. The lowest BCUT2D eigenvalue weighted by Gasteiger charge is -2.25. The Morgan fingerprint density at radius 3 is 2.45 bits per heavy atom. The second-order valence-corrected chi connectivity index (χ2v) is 11.2. The Balaban J connectivity index is 1.73. The normalized spacial score (nSPS) is 12.1. The topological polar surface area (TPSA) is 93.7 Å². The molecule has 0 fully saturated rings. The van der Waals surface area contributed by atoms with Crippen LogP contribution in [-0.4, -0.2) is 32.6 Å². The number of anilines is 2. The van der Waals surface area contributed by atoms with Gasteiger partial charge in [-0.2, -0.15) is 0 Å². The molecule has 1 heterocycles. The lowest BCUT2D eigenvalue weighted by atomic mass is 10.1. The van der Waals surface area contributed by atoms with E-state index in [-0.39, 0.29) is 28.6 Å². The van der Waals surface area contributed by atoms with E-state index in [0.29, 0.717) is 22.1 Å². The van der Waals surface area contributed by atoms with Gasteiger partial charge in [-0.15, -0.1) is 0 Å². The first-order chi connectivity index (χ1) is 19.0. The maximum atomic E-state index is 15.5. The minimum Gasteiger partial charge on any atom is -0.497 e. The number of hydrogen-bond acceptors (Lipinski definition) is 7. The van der Waals surface area contributed by atoms with Gasteiger partial charge in [0.05, 0.1) is 43.7 Å². The fourth-order valence-electron chi connectivity index (χ4n) is 3.96. The highest BCUT2D eigenvalue weighted by Gasteiger charge is 2.31. The summed E-state index contributed by atoms with van der Waals surface area (Å²) < 4.78 is 69.1. The third kappa shape index (κ3) is 6.22. The van der Waals surface area contributed by atoms with Crippen LogP contribution in [0.2, 0.25) is 10.0 Å². The number of aromatic nitrogens is 2. The van der Waals surface area contributed by atoms with Crippen LogP contribution < -0.4 is 19.1 Å². The van der Waals surface area contributed by atoms with Gasteiger partial charge in [-0.3, -0.25) is 4.98 Å². The maximum absolute atomic E-state index is 15.5. The Morgan fingerprint density at radius 2 is 1.77 bits per heavy atom. The quantitative estimate of drug-likeness (QED) is 0.215. The molecular weight excluding hydrogens is 585 g/mol. The fourth-order valence-corrected chi connectivity index (χ4v) is 5.88. The molecule has 0 spiro atoms. The van der Waals surface area contributed by atoms with Gasteiger partial charge >= 0.3 is 0 Å². The number of ether oxygens (including phenoxy) is 2. The van der Waals surface area contributed by atoms with Gasteiger partial charge in [0.2, 0.25) is 0 Å². The zero-order valence-corrected chi connectivity index (χ0v) is 23.9. The Hall–Kier alpha value is -3.67. The summed E-state index contributed by atoms with van der Waals surface area (Å²) >= 11 is 12.4. The summed E-state index contributed by atoms with van der Waals surface area (Å²) in [5.74, 6) is -0.802. The number of sulfonamides is 1. The van der Waals surface area contributed by atoms with E-state index in [9.17, 15) is 12.8 Å². The first-order valence-electron chi connectivity index (χ1n) is 11.7. The Bertz CT molecular complexity index is 1630. The molecule has 13 heteroatoms. The van der Waals surface area contributed by atoms with Crippen molar-refractivity contribution in [3.8, 4) is 11.5 Å². The summed E-state index contributed by atoms with van der Waals surface area (Å²) in [4.78, 5) is 7.39. The van der Waals surface area contributed by atoms with Crippen molar-refractivity contribution in [2.24, 2.45) is 0 Å². The summed E-state index contributed by atoms with van der Waals surface area (Å²) in [6.45, 7) is 1.36. The summed E-state index contributed by atoms with van der Waals surface area (Å²) in [6.07, 6.45) is 3.93. The molecule has 4 aromatic rings. The number of benzene rings is 3. The maximum Gasteiger partial charge on any atom is 0.268 e. The molecule has 0 bridgehead atoms. The zero-order valence-electron chi connectivity index (χ0n) is 21.5. The number of hydrogen-bond donors (Lipinski definition) is 1. The average Bonchev–Trinajstić information content (AvgIpc) is 2.94. The van der Waals surface area contributed by atoms with Crippen molar-refractivity contribution >= 4 is 44.7 Å². The lowest BCUT2D eigenvalue weighted by molar-refractivity contribution is 0.391. The van der Waals surface area contributed by atoms with E-state index in [1.165, 1.54) is 51.0 Å². The molecule has 1 N–H and O–H groups in total. The molecule has 0 saturated carbocycles. The van der Waals surface area contributed by atoms with E-state index in [4.69, 9.17) is 32.7 Å². The van der Waals surface area contributed by atoms with Crippen LogP contribution >= 0.6 is 23.2 Å². The van der Waals surface area contributed by atoms with Crippen LogP contribution in [0.3, 0.4) is 0 Å². The SMILES string of the molecule is COc1ccc(CN(c2cnccn2)S(=O)(=O)c2cc(Cl)c(N[C@@H](C)c3cc(Cl)ccc3F)cc2F)c(OC)c1. The first kappa shape index (κ1) is 29.3. The van der Waals surface area contributed by atoms with Crippen LogP contribution in [0.5, 0.6) is 11.5 Å². The Kier molecular flexibility index (Phi) is 8.97. The van der Waals surface area contributed by atoms with Gasteiger partial charge in [-0.25, -0.2) is 26.5 Å². The molecule has 0 aliphatic carbocycles. The minimum atomic E-state index is -4.58. The summed E-state index contributed by atoms with van der Waals surface area (Å²) in [5.41, 5.74) is 0.746. The second kappa shape index (κ2) is 12.2. The molecule has 0 saturated heterocycles. The minimum absolute atomic E-state index is 0.0526. The molecule has 210 valence electrons. The number of nitrogens with zero attached hydrogens (tertiary/aromatic N) is 3. The second-order valence-electron chi connectivity index (χ2n) is 8.55. The van der Waals surface area contributed by atoms with Crippen LogP contribution in [0.4, 0.5) is 20.3 Å².